The largest absolute Gasteiger partial charge is 0.389 e. The molecule has 1 heterocycles. The number of nitrogens with two attached hydrogens (primary N) is 1. The van der Waals surface area contributed by atoms with Crippen LogP contribution in [0.25, 0.3) is 0 Å². The maximum atomic E-state index is 5.78. The van der Waals surface area contributed by atoms with E-state index in [-0.39, 0.29) is 0 Å². The van der Waals surface area contributed by atoms with E-state index in [0.717, 1.165) is 42.1 Å². The average Bonchev–Trinajstić information content (AvgIpc) is 2.48. The third-order valence-corrected chi connectivity index (χ3v) is 3.54. The van der Waals surface area contributed by atoms with Crippen molar-refractivity contribution in [1.29, 1.82) is 0 Å². The van der Waals surface area contributed by atoms with Crippen LogP contribution in [0.1, 0.15) is 31.0 Å². The van der Waals surface area contributed by atoms with Crippen LogP contribution in [0.2, 0.25) is 0 Å². The number of pyridine rings is 1. The van der Waals surface area contributed by atoms with Crippen molar-refractivity contribution in [1.82, 2.24) is 4.98 Å². The van der Waals surface area contributed by atoms with Gasteiger partial charge in [0.1, 0.15) is 10.8 Å². The molecule has 2 N–H and O–H groups in total. The zero-order valence-electron chi connectivity index (χ0n) is 12.5. The molecule has 0 saturated heterocycles. The van der Waals surface area contributed by atoms with Gasteiger partial charge in [-0.2, -0.15) is 0 Å². The van der Waals surface area contributed by atoms with Gasteiger partial charge in [-0.05, 0) is 37.6 Å². The standard InChI is InChI=1S/C17H21N3S/c1-3-4-10-20(15-8-6-5-7-9-15)16-12-14(17(18)21)11-13(2)19-16/h5-9,11-12H,3-4,10H2,1-2H3,(H2,18,21). The van der Waals surface area contributed by atoms with Crippen LogP contribution in [-0.4, -0.2) is 16.5 Å². The third-order valence-electron chi connectivity index (χ3n) is 3.30. The van der Waals surface area contributed by atoms with Crippen molar-refractivity contribution in [3.8, 4) is 0 Å². The molecule has 0 amide bonds. The van der Waals surface area contributed by atoms with Gasteiger partial charge in [-0.1, -0.05) is 43.8 Å². The molecule has 0 spiro atoms. The summed E-state index contributed by atoms with van der Waals surface area (Å²) in [5, 5.41) is 0. The molecule has 1 aromatic heterocycles. The second kappa shape index (κ2) is 7.18. The highest BCUT2D eigenvalue weighted by molar-refractivity contribution is 7.80. The summed E-state index contributed by atoms with van der Waals surface area (Å²) in [6, 6.07) is 14.2. The fourth-order valence-electron chi connectivity index (χ4n) is 2.23. The van der Waals surface area contributed by atoms with Crippen LogP contribution in [0.4, 0.5) is 11.5 Å². The van der Waals surface area contributed by atoms with Crippen molar-refractivity contribution in [3.05, 3.63) is 53.7 Å². The fourth-order valence-corrected chi connectivity index (χ4v) is 2.35. The van der Waals surface area contributed by atoms with Gasteiger partial charge in [-0.3, -0.25) is 0 Å². The second-order valence-electron chi connectivity index (χ2n) is 5.06. The Kier molecular flexibility index (Phi) is 5.28. The number of nitrogens with zero attached hydrogens (tertiary/aromatic N) is 2. The quantitative estimate of drug-likeness (QED) is 0.820. The smallest absolute Gasteiger partial charge is 0.133 e. The number of benzene rings is 1. The number of aromatic nitrogens is 1. The molecule has 0 fully saturated rings. The summed E-state index contributed by atoms with van der Waals surface area (Å²) in [5.74, 6) is 0.900. The predicted octanol–water partition coefficient (Wildman–Crippen LogP) is 3.96. The molecule has 0 radical (unpaired) electrons. The molecule has 0 bridgehead atoms. The van der Waals surface area contributed by atoms with Crippen LogP contribution in [-0.2, 0) is 0 Å². The minimum Gasteiger partial charge on any atom is -0.389 e. The first-order chi connectivity index (χ1) is 10.1. The Morgan fingerprint density at radius 2 is 1.95 bits per heavy atom. The van der Waals surface area contributed by atoms with Gasteiger partial charge in [-0.15, -0.1) is 0 Å². The lowest BCUT2D eigenvalue weighted by Gasteiger charge is -2.24. The SMILES string of the molecule is CCCCN(c1ccccc1)c1cc(C(N)=S)cc(C)n1. The number of anilines is 2. The van der Waals surface area contributed by atoms with E-state index in [0.29, 0.717) is 4.99 Å². The normalized spacial score (nSPS) is 10.4. The molecular weight excluding hydrogens is 278 g/mol. The van der Waals surface area contributed by atoms with Crippen molar-refractivity contribution in [2.24, 2.45) is 5.73 Å². The topological polar surface area (TPSA) is 42.1 Å². The minimum absolute atomic E-state index is 0.408. The van der Waals surface area contributed by atoms with Gasteiger partial charge >= 0.3 is 0 Å². The molecule has 21 heavy (non-hydrogen) atoms. The Hall–Kier alpha value is -1.94. The third kappa shape index (κ3) is 4.02. The van der Waals surface area contributed by atoms with Crippen LogP contribution >= 0.6 is 12.2 Å². The maximum absolute atomic E-state index is 5.78. The summed E-state index contributed by atoms with van der Waals surface area (Å²) in [6.45, 7) is 5.08. The van der Waals surface area contributed by atoms with E-state index in [4.69, 9.17) is 18.0 Å². The van der Waals surface area contributed by atoms with Gasteiger partial charge in [0, 0.05) is 23.5 Å². The van der Waals surface area contributed by atoms with Gasteiger partial charge in [0.2, 0.25) is 0 Å². The maximum Gasteiger partial charge on any atom is 0.133 e. The molecule has 0 atom stereocenters. The van der Waals surface area contributed by atoms with E-state index in [1.165, 1.54) is 0 Å². The van der Waals surface area contributed by atoms with Crippen LogP contribution in [0, 0.1) is 6.92 Å². The van der Waals surface area contributed by atoms with E-state index < -0.39 is 0 Å². The molecule has 0 saturated carbocycles. The molecule has 2 rings (SSSR count). The molecule has 2 aromatic rings. The lowest BCUT2D eigenvalue weighted by atomic mass is 10.2. The summed E-state index contributed by atoms with van der Waals surface area (Å²) in [7, 11) is 0. The number of rotatable bonds is 6. The first kappa shape index (κ1) is 15.4. The van der Waals surface area contributed by atoms with Crippen molar-refractivity contribution in [2.45, 2.75) is 26.7 Å². The predicted molar refractivity (Wildman–Crippen MR) is 93.2 cm³/mol. The Balaban J connectivity index is 2.43. The molecular formula is C17H21N3S. The summed E-state index contributed by atoms with van der Waals surface area (Å²) in [5.41, 5.74) is 8.70. The van der Waals surface area contributed by atoms with Gasteiger partial charge < -0.3 is 10.6 Å². The number of thiocarbonyl (C=S) groups is 1. The van der Waals surface area contributed by atoms with E-state index in [1.807, 2.05) is 37.3 Å². The Morgan fingerprint density at radius 3 is 2.57 bits per heavy atom. The van der Waals surface area contributed by atoms with Gasteiger partial charge in [-0.25, -0.2) is 4.98 Å². The van der Waals surface area contributed by atoms with Gasteiger partial charge in [0.25, 0.3) is 0 Å². The molecule has 4 heteroatoms. The van der Waals surface area contributed by atoms with E-state index >= 15 is 0 Å². The monoisotopic (exact) mass is 299 g/mol. The Bertz CT molecular complexity index is 611. The van der Waals surface area contributed by atoms with Crippen molar-refractivity contribution in [2.75, 3.05) is 11.4 Å². The molecule has 0 aliphatic heterocycles. The molecule has 0 unspecified atom stereocenters. The summed E-state index contributed by atoms with van der Waals surface area (Å²) in [4.78, 5) is 7.28. The fraction of sp³-hybridized carbons (Fsp3) is 0.294. The summed E-state index contributed by atoms with van der Waals surface area (Å²) in [6.07, 6.45) is 2.24. The van der Waals surface area contributed by atoms with Crippen LogP contribution in [0.3, 0.4) is 0 Å². The molecule has 0 aliphatic carbocycles. The minimum atomic E-state index is 0.408. The van der Waals surface area contributed by atoms with Gasteiger partial charge in [0.15, 0.2) is 0 Å². The zero-order valence-corrected chi connectivity index (χ0v) is 13.4. The van der Waals surface area contributed by atoms with E-state index in [1.54, 1.807) is 0 Å². The number of hydrogen-bond acceptors (Lipinski definition) is 3. The highest BCUT2D eigenvalue weighted by Gasteiger charge is 2.12. The Labute approximate surface area is 131 Å². The van der Waals surface area contributed by atoms with E-state index in [2.05, 4.69) is 28.9 Å². The lowest BCUT2D eigenvalue weighted by Crippen LogP contribution is -2.21. The number of hydrogen-bond donors (Lipinski definition) is 1. The average molecular weight is 299 g/mol. The molecule has 1 aromatic carbocycles. The number of para-hydroxylation sites is 1. The lowest BCUT2D eigenvalue weighted by molar-refractivity contribution is 0.778. The van der Waals surface area contributed by atoms with Crippen LogP contribution in [0.15, 0.2) is 42.5 Å². The van der Waals surface area contributed by atoms with Crippen molar-refractivity contribution < 1.29 is 0 Å². The molecule has 110 valence electrons. The highest BCUT2D eigenvalue weighted by atomic mass is 32.1. The Morgan fingerprint density at radius 1 is 1.24 bits per heavy atom. The number of unbranched alkanes of at least 4 members (excludes halogenated alkanes) is 1. The summed E-state index contributed by atoms with van der Waals surface area (Å²) < 4.78 is 0. The first-order valence-corrected chi connectivity index (χ1v) is 7.63. The second-order valence-corrected chi connectivity index (χ2v) is 5.50. The highest BCUT2D eigenvalue weighted by Crippen LogP contribution is 2.25. The van der Waals surface area contributed by atoms with Gasteiger partial charge in [0.05, 0.1) is 0 Å². The molecule has 0 aliphatic rings. The van der Waals surface area contributed by atoms with Crippen LogP contribution < -0.4 is 10.6 Å². The van der Waals surface area contributed by atoms with Crippen LogP contribution in [0.5, 0.6) is 0 Å². The van der Waals surface area contributed by atoms with Crippen molar-refractivity contribution >= 4 is 28.7 Å². The number of aryl methyl sites for hydroxylation is 1. The van der Waals surface area contributed by atoms with E-state index in [9.17, 15) is 0 Å². The van der Waals surface area contributed by atoms with Crippen molar-refractivity contribution in [3.63, 3.8) is 0 Å². The summed E-state index contributed by atoms with van der Waals surface area (Å²) >= 11 is 5.10. The first-order valence-electron chi connectivity index (χ1n) is 7.23. The molecule has 3 nitrogen and oxygen atoms in total. The zero-order chi connectivity index (χ0) is 15.2.